The van der Waals surface area contributed by atoms with E-state index in [2.05, 4.69) is 45.4 Å². The SMILES string of the molecule is O=C1C(=CNc2ccc(N3CCOCC3)cc2)c2ccccc2N1CN1CCCCC1. The number of para-hydroxylation sites is 1. The molecule has 2 fully saturated rings. The number of likely N-dealkylation sites (tertiary alicyclic amines) is 1. The molecule has 31 heavy (non-hydrogen) atoms. The number of hydrogen-bond acceptors (Lipinski definition) is 5. The minimum absolute atomic E-state index is 0.0733. The highest BCUT2D eigenvalue weighted by atomic mass is 16.5. The van der Waals surface area contributed by atoms with Crippen LogP contribution in [0.15, 0.2) is 54.7 Å². The smallest absolute Gasteiger partial charge is 0.261 e. The maximum absolute atomic E-state index is 13.3. The van der Waals surface area contributed by atoms with Crippen molar-refractivity contribution in [3.8, 4) is 0 Å². The summed E-state index contributed by atoms with van der Waals surface area (Å²) in [5.41, 5.74) is 4.92. The number of carbonyl (C=O) groups is 1. The van der Waals surface area contributed by atoms with E-state index < -0.39 is 0 Å². The van der Waals surface area contributed by atoms with Gasteiger partial charge in [0.15, 0.2) is 0 Å². The molecule has 162 valence electrons. The van der Waals surface area contributed by atoms with Gasteiger partial charge in [-0.25, -0.2) is 0 Å². The van der Waals surface area contributed by atoms with Crippen molar-refractivity contribution in [1.82, 2.24) is 4.90 Å². The summed E-state index contributed by atoms with van der Waals surface area (Å²) in [6.07, 6.45) is 5.59. The summed E-state index contributed by atoms with van der Waals surface area (Å²) in [6.45, 7) is 6.21. The van der Waals surface area contributed by atoms with E-state index >= 15 is 0 Å². The molecule has 6 nitrogen and oxygen atoms in total. The van der Waals surface area contributed by atoms with Crippen molar-refractivity contribution in [3.05, 3.63) is 60.3 Å². The monoisotopic (exact) mass is 418 g/mol. The van der Waals surface area contributed by atoms with E-state index in [1.807, 2.05) is 29.3 Å². The molecule has 0 aromatic heterocycles. The number of piperidine rings is 1. The molecule has 0 aliphatic carbocycles. The van der Waals surface area contributed by atoms with Crippen molar-refractivity contribution in [3.63, 3.8) is 0 Å². The number of nitrogens with one attached hydrogen (secondary N) is 1. The molecule has 0 spiro atoms. The molecule has 3 aliphatic heterocycles. The van der Waals surface area contributed by atoms with Crippen LogP contribution in [0.4, 0.5) is 17.1 Å². The van der Waals surface area contributed by atoms with Crippen molar-refractivity contribution in [1.29, 1.82) is 0 Å². The number of ether oxygens (including phenoxy) is 1. The van der Waals surface area contributed by atoms with Crippen LogP contribution in [-0.2, 0) is 9.53 Å². The highest BCUT2D eigenvalue weighted by Crippen LogP contribution is 2.36. The van der Waals surface area contributed by atoms with Crippen molar-refractivity contribution in [2.24, 2.45) is 0 Å². The Morgan fingerprint density at radius 1 is 0.903 bits per heavy atom. The van der Waals surface area contributed by atoms with Crippen LogP contribution in [0.5, 0.6) is 0 Å². The predicted octanol–water partition coefficient (Wildman–Crippen LogP) is 3.77. The summed E-state index contributed by atoms with van der Waals surface area (Å²) < 4.78 is 5.44. The summed E-state index contributed by atoms with van der Waals surface area (Å²) in [5, 5.41) is 3.35. The summed E-state index contributed by atoms with van der Waals surface area (Å²) in [6, 6.07) is 16.5. The number of carbonyl (C=O) groups excluding carboxylic acids is 1. The van der Waals surface area contributed by atoms with Crippen LogP contribution in [0.25, 0.3) is 5.57 Å². The second kappa shape index (κ2) is 9.12. The number of anilines is 3. The third kappa shape index (κ3) is 4.31. The number of rotatable bonds is 5. The van der Waals surface area contributed by atoms with Crippen LogP contribution in [0, 0.1) is 0 Å². The fourth-order valence-corrected chi connectivity index (χ4v) is 4.63. The number of nitrogens with zero attached hydrogens (tertiary/aromatic N) is 3. The van der Waals surface area contributed by atoms with Gasteiger partial charge in [0.2, 0.25) is 0 Å². The van der Waals surface area contributed by atoms with Gasteiger partial charge < -0.3 is 15.0 Å². The minimum atomic E-state index is 0.0733. The predicted molar refractivity (Wildman–Crippen MR) is 125 cm³/mol. The molecule has 2 saturated heterocycles. The third-order valence-electron chi connectivity index (χ3n) is 6.38. The Labute approximate surface area is 184 Å². The molecule has 3 aliphatic rings. The van der Waals surface area contributed by atoms with Crippen molar-refractivity contribution in [2.75, 3.05) is 61.2 Å². The van der Waals surface area contributed by atoms with Gasteiger partial charge in [-0.3, -0.25) is 14.6 Å². The van der Waals surface area contributed by atoms with Crippen LogP contribution in [0.3, 0.4) is 0 Å². The van der Waals surface area contributed by atoms with Crippen molar-refractivity contribution >= 4 is 28.5 Å². The lowest BCUT2D eigenvalue weighted by molar-refractivity contribution is -0.113. The van der Waals surface area contributed by atoms with Gasteiger partial charge in [-0.2, -0.15) is 0 Å². The molecule has 0 saturated carbocycles. The van der Waals surface area contributed by atoms with E-state index in [0.717, 1.165) is 61.9 Å². The van der Waals surface area contributed by atoms with Crippen molar-refractivity contribution < 1.29 is 9.53 Å². The molecule has 3 heterocycles. The van der Waals surface area contributed by atoms with E-state index in [-0.39, 0.29) is 5.91 Å². The van der Waals surface area contributed by atoms with Gasteiger partial charge in [0, 0.05) is 36.2 Å². The maximum Gasteiger partial charge on any atom is 0.261 e. The maximum atomic E-state index is 13.3. The van der Waals surface area contributed by atoms with Crippen LogP contribution < -0.4 is 15.1 Å². The van der Waals surface area contributed by atoms with E-state index in [9.17, 15) is 4.79 Å². The van der Waals surface area contributed by atoms with Gasteiger partial charge in [-0.1, -0.05) is 24.6 Å². The first kappa shape index (κ1) is 20.1. The zero-order valence-corrected chi connectivity index (χ0v) is 17.9. The Morgan fingerprint density at radius 3 is 2.42 bits per heavy atom. The Hall–Kier alpha value is -2.83. The van der Waals surface area contributed by atoms with Gasteiger partial charge in [-0.15, -0.1) is 0 Å². The largest absolute Gasteiger partial charge is 0.378 e. The highest BCUT2D eigenvalue weighted by molar-refractivity contribution is 6.32. The van der Waals surface area contributed by atoms with Crippen LogP contribution >= 0.6 is 0 Å². The first-order chi connectivity index (χ1) is 15.3. The van der Waals surface area contributed by atoms with E-state index in [1.165, 1.54) is 24.9 Å². The normalized spacial score (nSPS) is 20.9. The lowest BCUT2D eigenvalue weighted by Gasteiger charge is -2.30. The summed E-state index contributed by atoms with van der Waals surface area (Å²) in [5.74, 6) is 0.0733. The topological polar surface area (TPSA) is 48.1 Å². The van der Waals surface area contributed by atoms with Crippen LogP contribution in [0.1, 0.15) is 24.8 Å². The lowest BCUT2D eigenvalue weighted by atomic mass is 10.1. The Balaban J connectivity index is 1.31. The van der Waals surface area contributed by atoms with E-state index in [4.69, 9.17) is 4.74 Å². The Bertz CT molecular complexity index is 944. The Kier molecular flexibility index (Phi) is 5.91. The van der Waals surface area contributed by atoms with E-state index in [1.54, 1.807) is 0 Å². The molecule has 0 atom stereocenters. The number of amides is 1. The van der Waals surface area contributed by atoms with Gasteiger partial charge in [0.25, 0.3) is 5.91 Å². The lowest BCUT2D eigenvalue weighted by Crippen LogP contribution is -2.42. The highest BCUT2D eigenvalue weighted by Gasteiger charge is 2.33. The third-order valence-corrected chi connectivity index (χ3v) is 6.38. The second-order valence-electron chi connectivity index (χ2n) is 8.42. The van der Waals surface area contributed by atoms with Gasteiger partial charge in [-0.05, 0) is 56.3 Å². The van der Waals surface area contributed by atoms with Crippen molar-refractivity contribution in [2.45, 2.75) is 19.3 Å². The molecule has 6 heteroatoms. The zero-order valence-electron chi connectivity index (χ0n) is 17.9. The molecule has 5 rings (SSSR count). The number of morpholine rings is 1. The van der Waals surface area contributed by atoms with Gasteiger partial charge in [0.1, 0.15) is 0 Å². The standard InChI is InChI=1S/C25H30N4O2/c30-25-23(18-26-20-8-10-21(11-9-20)28-14-16-31-17-15-28)22-6-2-3-7-24(22)29(25)19-27-12-4-1-5-13-27/h2-3,6-11,18,26H,1,4-5,12-17,19H2. The molecular formula is C25H30N4O2. The second-order valence-corrected chi connectivity index (χ2v) is 8.42. The molecule has 2 aromatic carbocycles. The summed E-state index contributed by atoms with van der Waals surface area (Å²) in [7, 11) is 0. The quantitative estimate of drug-likeness (QED) is 0.749. The first-order valence-electron chi connectivity index (χ1n) is 11.3. The first-order valence-corrected chi connectivity index (χ1v) is 11.3. The van der Waals surface area contributed by atoms with Crippen LogP contribution in [-0.4, -0.2) is 56.9 Å². The van der Waals surface area contributed by atoms with Gasteiger partial charge in [0.05, 0.1) is 31.1 Å². The summed E-state index contributed by atoms with van der Waals surface area (Å²) in [4.78, 5) is 19.9. The molecule has 2 aromatic rings. The number of fused-ring (bicyclic) bond motifs is 1. The van der Waals surface area contributed by atoms with E-state index in [0.29, 0.717) is 6.67 Å². The number of hydrogen-bond donors (Lipinski definition) is 1. The molecule has 0 bridgehead atoms. The molecule has 1 N–H and O–H groups in total. The molecule has 0 radical (unpaired) electrons. The van der Waals surface area contributed by atoms with Crippen LogP contribution in [0.2, 0.25) is 0 Å². The zero-order chi connectivity index (χ0) is 21.0. The summed E-state index contributed by atoms with van der Waals surface area (Å²) >= 11 is 0. The Morgan fingerprint density at radius 2 is 1.65 bits per heavy atom. The average molecular weight is 419 g/mol. The molecular weight excluding hydrogens is 388 g/mol. The molecule has 1 amide bonds. The average Bonchev–Trinajstić information content (AvgIpc) is 3.10. The van der Waals surface area contributed by atoms with Gasteiger partial charge >= 0.3 is 0 Å². The fraction of sp³-hybridized carbons (Fsp3) is 0.400. The number of benzene rings is 2. The fourth-order valence-electron chi connectivity index (χ4n) is 4.63. The molecule has 0 unspecified atom stereocenters. The minimum Gasteiger partial charge on any atom is -0.378 e.